The number of nitrogens with one attached hydrogen (secondary N) is 1. The highest BCUT2D eigenvalue weighted by atomic mass is 32.2. The van der Waals surface area contributed by atoms with Crippen LogP contribution in [0.25, 0.3) is 0 Å². The minimum absolute atomic E-state index is 0.142. The highest BCUT2D eigenvalue weighted by molar-refractivity contribution is 7.95. The lowest BCUT2D eigenvalue weighted by Gasteiger charge is -2.14. The van der Waals surface area contributed by atoms with Gasteiger partial charge < -0.3 is 0 Å². The van der Waals surface area contributed by atoms with Gasteiger partial charge in [0.2, 0.25) is 9.84 Å². The van der Waals surface area contributed by atoms with Crippen molar-refractivity contribution in [3.8, 4) is 0 Å². The summed E-state index contributed by atoms with van der Waals surface area (Å²) in [4.78, 5) is 5.20. The average Bonchev–Trinajstić information content (AvgIpc) is 2.70. The summed E-state index contributed by atoms with van der Waals surface area (Å²) < 4.78 is 24.8. The zero-order chi connectivity index (χ0) is 13.4. The molecule has 4 nitrogen and oxygen atoms in total. The molecule has 1 aromatic rings. The molecule has 1 atom stereocenters. The quantitative estimate of drug-likeness (QED) is 0.913. The molecule has 1 aliphatic rings. The van der Waals surface area contributed by atoms with Crippen LogP contribution in [0, 0.1) is 0 Å². The van der Waals surface area contributed by atoms with Crippen molar-refractivity contribution in [3.63, 3.8) is 0 Å². The van der Waals surface area contributed by atoms with E-state index in [0.717, 1.165) is 5.56 Å². The Morgan fingerprint density at radius 1 is 1.22 bits per heavy atom. The van der Waals surface area contributed by atoms with E-state index in [1.807, 2.05) is 30.3 Å². The Morgan fingerprint density at radius 2 is 1.83 bits per heavy atom. The molecule has 1 heterocycles. The summed E-state index contributed by atoms with van der Waals surface area (Å²) >= 11 is 0. The largest absolute Gasteiger partial charge is 0.265 e. The molecule has 98 valence electrons. The van der Waals surface area contributed by atoms with E-state index in [4.69, 9.17) is 4.84 Å². The fourth-order valence-corrected chi connectivity index (χ4v) is 3.29. The number of sulfone groups is 1. The molecule has 0 aromatic heterocycles. The maximum atomic E-state index is 12.4. The van der Waals surface area contributed by atoms with E-state index >= 15 is 0 Å². The third-order valence-electron chi connectivity index (χ3n) is 2.93. The Bertz CT molecular complexity index is 561. The maximum Gasteiger partial charge on any atom is 0.201 e. The second-order valence-corrected chi connectivity index (χ2v) is 7.15. The Labute approximate surface area is 108 Å². The molecule has 1 N–H and O–H groups in total. The van der Waals surface area contributed by atoms with Crippen LogP contribution >= 0.6 is 0 Å². The van der Waals surface area contributed by atoms with Crippen molar-refractivity contribution in [1.29, 1.82) is 0 Å². The SMILES string of the molecule is CC(c1ccccc1)S(=O)(=O)C1=CC(C)(C)ON1. The monoisotopic (exact) mass is 267 g/mol. The summed E-state index contributed by atoms with van der Waals surface area (Å²) in [6.07, 6.45) is 1.60. The molecular formula is C13H17NO3S. The first-order valence-electron chi connectivity index (χ1n) is 5.79. The van der Waals surface area contributed by atoms with Crippen molar-refractivity contribution in [2.24, 2.45) is 0 Å². The molecule has 1 aliphatic heterocycles. The first kappa shape index (κ1) is 13.1. The van der Waals surface area contributed by atoms with Crippen molar-refractivity contribution < 1.29 is 13.3 Å². The molecule has 0 spiro atoms. The van der Waals surface area contributed by atoms with E-state index in [1.165, 1.54) is 0 Å². The number of hydrogen-bond donors (Lipinski definition) is 1. The molecule has 1 unspecified atom stereocenters. The Balaban J connectivity index is 2.34. The number of hydroxylamine groups is 1. The predicted molar refractivity (Wildman–Crippen MR) is 70.2 cm³/mol. The number of hydrogen-bond acceptors (Lipinski definition) is 4. The molecule has 0 aliphatic carbocycles. The van der Waals surface area contributed by atoms with Crippen LogP contribution in [0.4, 0.5) is 0 Å². The van der Waals surface area contributed by atoms with Gasteiger partial charge in [-0.2, -0.15) is 0 Å². The van der Waals surface area contributed by atoms with Crippen molar-refractivity contribution in [2.45, 2.75) is 31.6 Å². The van der Waals surface area contributed by atoms with E-state index in [9.17, 15) is 8.42 Å². The second-order valence-electron chi connectivity index (χ2n) is 4.91. The van der Waals surface area contributed by atoms with Crippen LogP contribution in [-0.2, 0) is 14.7 Å². The smallest absolute Gasteiger partial charge is 0.201 e. The molecule has 0 saturated heterocycles. The first-order valence-corrected chi connectivity index (χ1v) is 7.33. The van der Waals surface area contributed by atoms with Crippen LogP contribution in [0.15, 0.2) is 41.4 Å². The van der Waals surface area contributed by atoms with Gasteiger partial charge in [-0.3, -0.25) is 10.3 Å². The van der Waals surface area contributed by atoms with Crippen LogP contribution in [-0.4, -0.2) is 14.0 Å². The molecule has 0 fully saturated rings. The van der Waals surface area contributed by atoms with Crippen LogP contribution in [0.3, 0.4) is 0 Å². The molecule has 0 amide bonds. The molecule has 2 rings (SSSR count). The van der Waals surface area contributed by atoms with Crippen LogP contribution in [0.1, 0.15) is 31.6 Å². The third-order valence-corrected chi connectivity index (χ3v) is 4.95. The van der Waals surface area contributed by atoms with Crippen molar-refractivity contribution in [1.82, 2.24) is 5.48 Å². The Kier molecular flexibility index (Phi) is 3.21. The Morgan fingerprint density at radius 3 is 2.33 bits per heavy atom. The third kappa shape index (κ3) is 2.42. The van der Waals surface area contributed by atoms with Crippen molar-refractivity contribution in [2.75, 3.05) is 0 Å². The molecule has 18 heavy (non-hydrogen) atoms. The van der Waals surface area contributed by atoms with Gasteiger partial charge in [0.05, 0.1) is 5.25 Å². The second kappa shape index (κ2) is 4.40. The summed E-state index contributed by atoms with van der Waals surface area (Å²) in [5.41, 5.74) is 2.68. The summed E-state index contributed by atoms with van der Waals surface area (Å²) in [5.74, 6) is 0. The first-order chi connectivity index (χ1) is 8.33. The van der Waals surface area contributed by atoms with Gasteiger partial charge >= 0.3 is 0 Å². The maximum absolute atomic E-state index is 12.4. The van der Waals surface area contributed by atoms with Crippen LogP contribution in [0.2, 0.25) is 0 Å². The molecule has 5 heteroatoms. The summed E-state index contributed by atoms with van der Waals surface area (Å²) in [7, 11) is -3.44. The minimum atomic E-state index is -3.44. The van der Waals surface area contributed by atoms with Gasteiger partial charge in [-0.15, -0.1) is 0 Å². The normalized spacial score (nSPS) is 20.1. The average molecular weight is 267 g/mol. The van der Waals surface area contributed by atoms with E-state index < -0.39 is 20.7 Å². The lowest BCUT2D eigenvalue weighted by molar-refractivity contribution is -0.0130. The topological polar surface area (TPSA) is 55.4 Å². The Hall–Kier alpha value is -1.33. The number of benzene rings is 1. The lowest BCUT2D eigenvalue weighted by Crippen LogP contribution is -2.23. The van der Waals surface area contributed by atoms with Crippen LogP contribution < -0.4 is 5.48 Å². The molecule has 0 saturated carbocycles. The zero-order valence-corrected chi connectivity index (χ0v) is 11.5. The molecule has 0 bridgehead atoms. The summed E-state index contributed by atoms with van der Waals surface area (Å²) in [6.45, 7) is 5.28. The van der Waals surface area contributed by atoms with Gasteiger partial charge in [-0.25, -0.2) is 8.42 Å². The van der Waals surface area contributed by atoms with E-state index in [-0.39, 0.29) is 5.03 Å². The van der Waals surface area contributed by atoms with E-state index in [0.29, 0.717) is 0 Å². The van der Waals surface area contributed by atoms with Gasteiger partial charge in [0.1, 0.15) is 5.60 Å². The molecule has 1 aromatic carbocycles. The van der Waals surface area contributed by atoms with Gasteiger partial charge in [-0.1, -0.05) is 30.3 Å². The summed E-state index contributed by atoms with van der Waals surface area (Å²) in [5, 5.41) is -0.459. The van der Waals surface area contributed by atoms with Gasteiger partial charge in [0.15, 0.2) is 5.03 Å². The fourth-order valence-electron chi connectivity index (χ4n) is 1.79. The van der Waals surface area contributed by atoms with Gasteiger partial charge in [-0.05, 0) is 32.4 Å². The van der Waals surface area contributed by atoms with Gasteiger partial charge in [0.25, 0.3) is 0 Å². The van der Waals surface area contributed by atoms with Gasteiger partial charge in [0, 0.05) is 0 Å². The number of rotatable bonds is 3. The molecule has 0 radical (unpaired) electrons. The fraction of sp³-hybridized carbons (Fsp3) is 0.385. The van der Waals surface area contributed by atoms with E-state index in [2.05, 4.69) is 5.48 Å². The van der Waals surface area contributed by atoms with E-state index in [1.54, 1.807) is 26.8 Å². The standard InChI is InChI=1S/C13H17NO3S/c1-10(11-7-5-4-6-8-11)18(15,16)12-9-13(2,3)17-14-12/h4-10,14H,1-3H3. The minimum Gasteiger partial charge on any atom is -0.265 e. The highest BCUT2D eigenvalue weighted by Gasteiger charge is 2.34. The van der Waals surface area contributed by atoms with Crippen molar-refractivity contribution >= 4 is 9.84 Å². The lowest BCUT2D eigenvalue weighted by atomic mass is 10.1. The van der Waals surface area contributed by atoms with Crippen LogP contribution in [0.5, 0.6) is 0 Å². The predicted octanol–water partition coefficient (Wildman–Crippen LogP) is 2.32. The van der Waals surface area contributed by atoms with Crippen molar-refractivity contribution in [3.05, 3.63) is 47.0 Å². The zero-order valence-electron chi connectivity index (χ0n) is 10.7. The highest BCUT2D eigenvalue weighted by Crippen LogP contribution is 2.30. The molecular weight excluding hydrogens is 250 g/mol. The summed E-state index contributed by atoms with van der Waals surface area (Å²) in [6, 6.07) is 9.14.